The minimum Gasteiger partial charge on any atom is -0.481 e. The topological polar surface area (TPSA) is 92.2 Å². The first-order valence-electron chi connectivity index (χ1n) is 13.4. The Morgan fingerprint density at radius 1 is 1.00 bits per heavy atom. The van der Waals surface area contributed by atoms with Crippen LogP contribution in [0.3, 0.4) is 0 Å². The van der Waals surface area contributed by atoms with Crippen molar-refractivity contribution in [2.75, 3.05) is 0 Å². The molecular weight excluding hydrogens is 510 g/mol. The van der Waals surface area contributed by atoms with Gasteiger partial charge < -0.3 is 10.4 Å². The van der Waals surface area contributed by atoms with E-state index in [2.05, 4.69) is 37.4 Å². The van der Waals surface area contributed by atoms with E-state index in [0.717, 1.165) is 29.8 Å². The predicted molar refractivity (Wildman–Crippen MR) is 154 cm³/mol. The van der Waals surface area contributed by atoms with Gasteiger partial charge in [0.25, 0.3) is 5.91 Å². The van der Waals surface area contributed by atoms with E-state index in [9.17, 15) is 9.59 Å². The maximum atomic E-state index is 13.4. The van der Waals surface area contributed by atoms with Crippen LogP contribution in [0.2, 0.25) is 5.02 Å². The number of nitrogens with zero attached hydrogens (tertiary/aromatic N) is 2. The first-order chi connectivity index (χ1) is 18.7. The number of carbonyl (C=O) groups is 2. The molecule has 1 atom stereocenters. The summed E-state index contributed by atoms with van der Waals surface area (Å²) < 4.78 is 0. The Kier molecular flexibility index (Phi) is 7.67. The standard InChI is InChI=1S/C32H32ClN3O3/c1-32(2)18-17-25(23-7-3-4-8-24(23)32)36-31(39)21-13-16-26-28(19-21)34-27(9-5-6-10-29(37)38)30(35-26)20-11-14-22(33)15-12-20/h3-4,7-8,11-16,19,25H,5-6,9-10,17-18H2,1-2H3,(H,36,39)(H,37,38). The van der Waals surface area contributed by atoms with Crippen molar-refractivity contribution >= 4 is 34.5 Å². The van der Waals surface area contributed by atoms with Gasteiger partial charge in [0.1, 0.15) is 0 Å². The van der Waals surface area contributed by atoms with E-state index in [-0.39, 0.29) is 23.8 Å². The molecule has 3 aromatic carbocycles. The fraction of sp³-hybridized carbons (Fsp3) is 0.312. The Bertz CT molecular complexity index is 1530. The number of nitrogens with one attached hydrogen (secondary N) is 1. The number of halogens is 1. The molecule has 1 aliphatic carbocycles. The van der Waals surface area contributed by atoms with Gasteiger partial charge in [-0.1, -0.05) is 61.8 Å². The molecule has 39 heavy (non-hydrogen) atoms. The Hall–Kier alpha value is -3.77. The summed E-state index contributed by atoms with van der Waals surface area (Å²) in [6.07, 6.45) is 3.80. The van der Waals surface area contributed by atoms with Gasteiger partial charge in [0.2, 0.25) is 0 Å². The van der Waals surface area contributed by atoms with Gasteiger partial charge in [0.15, 0.2) is 0 Å². The molecule has 0 spiro atoms. The third-order valence-electron chi connectivity index (χ3n) is 7.60. The number of amides is 1. The van der Waals surface area contributed by atoms with Crippen LogP contribution in [0.15, 0.2) is 66.7 Å². The third kappa shape index (κ3) is 5.96. The molecule has 1 aliphatic rings. The summed E-state index contributed by atoms with van der Waals surface area (Å²) in [6.45, 7) is 4.51. The van der Waals surface area contributed by atoms with Gasteiger partial charge in [-0.15, -0.1) is 0 Å². The molecule has 0 aliphatic heterocycles. The normalized spacial score (nSPS) is 16.0. The highest BCUT2D eigenvalue weighted by Crippen LogP contribution is 2.41. The van der Waals surface area contributed by atoms with Crippen molar-refractivity contribution in [2.45, 2.75) is 63.8 Å². The number of aryl methyl sites for hydroxylation is 1. The molecule has 0 radical (unpaired) electrons. The lowest BCUT2D eigenvalue weighted by Gasteiger charge is -2.37. The summed E-state index contributed by atoms with van der Waals surface area (Å²) in [6, 6.07) is 21.2. The third-order valence-corrected chi connectivity index (χ3v) is 7.85. The molecule has 5 rings (SSSR count). The maximum absolute atomic E-state index is 13.4. The molecule has 0 fully saturated rings. The van der Waals surface area contributed by atoms with Gasteiger partial charge in [-0.05, 0) is 79.0 Å². The van der Waals surface area contributed by atoms with Crippen LogP contribution in [0.4, 0.5) is 0 Å². The smallest absolute Gasteiger partial charge is 0.303 e. The summed E-state index contributed by atoms with van der Waals surface area (Å²) >= 11 is 6.10. The number of carboxylic acids is 1. The predicted octanol–water partition coefficient (Wildman–Crippen LogP) is 7.29. The summed E-state index contributed by atoms with van der Waals surface area (Å²) in [7, 11) is 0. The molecule has 200 valence electrons. The Labute approximate surface area is 233 Å². The Morgan fingerprint density at radius 3 is 2.54 bits per heavy atom. The molecule has 6 nitrogen and oxygen atoms in total. The highest BCUT2D eigenvalue weighted by Gasteiger charge is 2.33. The van der Waals surface area contributed by atoms with Crippen molar-refractivity contribution < 1.29 is 14.7 Å². The quantitative estimate of drug-likeness (QED) is 0.228. The number of carboxylic acid groups (broad SMARTS) is 1. The lowest BCUT2D eigenvalue weighted by molar-refractivity contribution is -0.137. The van der Waals surface area contributed by atoms with Gasteiger partial charge in [-0.25, -0.2) is 9.97 Å². The molecule has 7 heteroatoms. The highest BCUT2D eigenvalue weighted by atomic mass is 35.5. The van der Waals surface area contributed by atoms with E-state index in [0.29, 0.717) is 40.9 Å². The van der Waals surface area contributed by atoms with E-state index in [1.54, 1.807) is 12.1 Å². The SMILES string of the molecule is CC1(C)CCC(NC(=O)c2ccc3nc(-c4ccc(Cl)cc4)c(CCCCC(=O)O)nc3c2)c2ccccc21. The number of hydrogen-bond donors (Lipinski definition) is 2. The molecule has 0 bridgehead atoms. The number of fused-ring (bicyclic) bond motifs is 2. The number of carbonyl (C=O) groups excluding carboxylic acids is 1. The Morgan fingerprint density at radius 2 is 1.77 bits per heavy atom. The van der Waals surface area contributed by atoms with E-state index in [1.165, 1.54) is 11.1 Å². The van der Waals surface area contributed by atoms with Crippen LogP contribution in [0.1, 0.15) is 79.2 Å². The van der Waals surface area contributed by atoms with Crippen molar-refractivity contribution in [3.8, 4) is 11.3 Å². The lowest BCUT2D eigenvalue weighted by Crippen LogP contribution is -2.35. The molecule has 2 N–H and O–H groups in total. The number of aliphatic carboxylic acids is 1. The van der Waals surface area contributed by atoms with E-state index in [1.807, 2.05) is 36.4 Å². The maximum Gasteiger partial charge on any atom is 0.303 e. The van der Waals surface area contributed by atoms with Crippen LogP contribution >= 0.6 is 11.6 Å². The lowest BCUT2D eigenvalue weighted by atomic mass is 9.71. The average Bonchev–Trinajstić information content (AvgIpc) is 2.92. The molecule has 1 aromatic heterocycles. The number of benzene rings is 3. The molecule has 0 saturated heterocycles. The zero-order valence-corrected chi connectivity index (χ0v) is 23.0. The monoisotopic (exact) mass is 541 g/mol. The van der Waals surface area contributed by atoms with Crippen LogP contribution in [0.25, 0.3) is 22.3 Å². The number of aromatic nitrogens is 2. The van der Waals surface area contributed by atoms with E-state index < -0.39 is 5.97 Å². The van der Waals surface area contributed by atoms with E-state index in [4.69, 9.17) is 26.7 Å². The second kappa shape index (κ2) is 11.1. The first-order valence-corrected chi connectivity index (χ1v) is 13.8. The second-order valence-corrected chi connectivity index (χ2v) is 11.3. The highest BCUT2D eigenvalue weighted by molar-refractivity contribution is 6.30. The summed E-state index contributed by atoms with van der Waals surface area (Å²) in [4.78, 5) is 34.2. The van der Waals surface area contributed by atoms with Crippen LogP contribution in [0.5, 0.6) is 0 Å². The molecular formula is C32H32ClN3O3. The van der Waals surface area contributed by atoms with Crippen molar-refractivity contribution in [2.24, 2.45) is 0 Å². The minimum absolute atomic E-state index is 0.0411. The van der Waals surface area contributed by atoms with Crippen molar-refractivity contribution in [1.82, 2.24) is 15.3 Å². The summed E-state index contributed by atoms with van der Waals surface area (Å²) in [5.74, 6) is -0.944. The van der Waals surface area contributed by atoms with Gasteiger partial charge in [-0.3, -0.25) is 9.59 Å². The fourth-order valence-corrected chi connectivity index (χ4v) is 5.54. The number of hydrogen-bond acceptors (Lipinski definition) is 4. The zero-order valence-electron chi connectivity index (χ0n) is 22.2. The summed E-state index contributed by atoms with van der Waals surface area (Å²) in [5.41, 5.74) is 6.82. The molecule has 1 heterocycles. The van der Waals surface area contributed by atoms with Crippen molar-refractivity contribution in [3.05, 3.63) is 94.1 Å². The molecule has 0 saturated carbocycles. The molecule has 4 aromatic rings. The van der Waals surface area contributed by atoms with Crippen molar-refractivity contribution in [3.63, 3.8) is 0 Å². The van der Waals surface area contributed by atoms with Crippen molar-refractivity contribution in [1.29, 1.82) is 0 Å². The van der Waals surface area contributed by atoms with Gasteiger partial charge in [0.05, 0.1) is 28.5 Å². The number of unbranched alkanes of at least 4 members (excludes halogenated alkanes) is 1. The number of rotatable bonds is 8. The van der Waals surface area contributed by atoms with Crippen LogP contribution < -0.4 is 5.32 Å². The van der Waals surface area contributed by atoms with Crippen LogP contribution in [-0.2, 0) is 16.6 Å². The molecule has 1 amide bonds. The van der Waals surface area contributed by atoms with Crippen LogP contribution in [-0.4, -0.2) is 27.0 Å². The zero-order chi connectivity index (χ0) is 27.6. The first kappa shape index (κ1) is 26.8. The van der Waals surface area contributed by atoms with Gasteiger partial charge in [0, 0.05) is 22.6 Å². The Balaban J connectivity index is 1.44. The molecule has 1 unspecified atom stereocenters. The largest absolute Gasteiger partial charge is 0.481 e. The van der Waals surface area contributed by atoms with Crippen LogP contribution in [0, 0.1) is 0 Å². The minimum atomic E-state index is -0.808. The van der Waals surface area contributed by atoms with Gasteiger partial charge in [-0.2, -0.15) is 0 Å². The average molecular weight is 542 g/mol. The van der Waals surface area contributed by atoms with E-state index >= 15 is 0 Å². The second-order valence-electron chi connectivity index (χ2n) is 10.9. The summed E-state index contributed by atoms with van der Waals surface area (Å²) in [5, 5.41) is 12.9. The van der Waals surface area contributed by atoms with Gasteiger partial charge >= 0.3 is 5.97 Å². The fourth-order valence-electron chi connectivity index (χ4n) is 5.42.